The molecule has 0 spiro atoms. The highest BCUT2D eigenvalue weighted by Crippen LogP contribution is 2.23. The summed E-state index contributed by atoms with van der Waals surface area (Å²) in [5.74, 6) is -0.862. The number of amides is 2. The molecule has 9 nitrogen and oxygen atoms in total. The van der Waals surface area contributed by atoms with Gasteiger partial charge in [0.2, 0.25) is 11.8 Å². The fraction of sp³-hybridized carbons (Fsp3) is 0.750. The predicted octanol–water partition coefficient (Wildman–Crippen LogP) is 0.122. The van der Waals surface area contributed by atoms with Crippen LogP contribution in [0, 0.1) is 15.5 Å². The highest BCUT2D eigenvalue weighted by Gasteiger charge is 2.26. The number of rotatable bonds is 8. The van der Waals surface area contributed by atoms with Crippen molar-refractivity contribution in [2.45, 2.75) is 33.7 Å². The second kappa shape index (κ2) is 9.23. The van der Waals surface area contributed by atoms with Crippen molar-refractivity contribution in [1.29, 1.82) is 0 Å². The van der Waals surface area contributed by atoms with Crippen LogP contribution >= 0.6 is 11.8 Å². The molecule has 0 rings (SSSR count). The van der Waals surface area contributed by atoms with Gasteiger partial charge in [0, 0.05) is 24.6 Å². The van der Waals surface area contributed by atoms with Crippen LogP contribution in [-0.4, -0.2) is 47.0 Å². The van der Waals surface area contributed by atoms with Crippen LogP contribution in [0.2, 0.25) is 0 Å². The van der Waals surface area contributed by atoms with Crippen LogP contribution in [0.3, 0.4) is 0 Å². The van der Waals surface area contributed by atoms with Gasteiger partial charge in [0.15, 0.2) is 5.12 Å². The lowest BCUT2D eigenvalue weighted by atomic mass is 10.00. The molecule has 126 valence electrons. The monoisotopic (exact) mass is 335 g/mol. The Balaban J connectivity index is 4.43. The highest BCUT2D eigenvalue weighted by molar-refractivity contribution is 8.13. The van der Waals surface area contributed by atoms with Crippen LogP contribution < -0.4 is 10.6 Å². The van der Waals surface area contributed by atoms with Crippen LogP contribution in [-0.2, 0) is 19.2 Å². The Labute approximate surface area is 132 Å². The van der Waals surface area contributed by atoms with E-state index >= 15 is 0 Å². The minimum Gasteiger partial charge on any atom is -0.352 e. The Morgan fingerprint density at radius 3 is 2.36 bits per heavy atom. The van der Waals surface area contributed by atoms with Gasteiger partial charge in [-0.2, -0.15) is 0 Å². The average molecular weight is 335 g/mol. The maximum absolute atomic E-state index is 11.9. The van der Waals surface area contributed by atoms with E-state index in [-0.39, 0.29) is 24.0 Å². The van der Waals surface area contributed by atoms with E-state index in [9.17, 15) is 24.5 Å². The maximum atomic E-state index is 11.9. The molecule has 0 radical (unpaired) electrons. The third-order valence-corrected chi connectivity index (χ3v) is 3.66. The predicted molar refractivity (Wildman–Crippen MR) is 80.5 cm³/mol. The molecule has 22 heavy (non-hydrogen) atoms. The zero-order chi connectivity index (χ0) is 17.3. The van der Waals surface area contributed by atoms with Crippen LogP contribution in [0.25, 0.3) is 0 Å². The van der Waals surface area contributed by atoms with Crippen molar-refractivity contribution in [2.24, 2.45) is 5.41 Å². The van der Waals surface area contributed by atoms with Gasteiger partial charge in [-0.1, -0.05) is 32.5 Å². The summed E-state index contributed by atoms with van der Waals surface area (Å²) in [7, 11) is 0. The summed E-state index contributed by atoms with van der Waals surface area (Å²) in [6.45, 7) is 6.15. The van der Waals surface area contributed by atoms with Gasteiger partial charge in [-0.25, -0.2) is 0 Å². The SMILES string of the molecule is CC(=O)N[C@@H](CSC(=O)C(C)(C)C)C(=O)NCCO[N+](=O)[O-]. The molecule has 0 aliphatic rings. The lowest BCUT2D eigenvalue weighted by Crippen LogP contribution is -2.48. The molecule has 0 aromatic rings. The zero-order valence-corrected chi connectivity index (χ0v) is 13.8. The van der Waals surface area contributed by atoms with Gasteiger partial charge in [-0.05, 0) is 0 Å². The van der Waals surface area contributed by atoms with Gasteiger partial charge in [0.05, 0.1) is 0 Å². The minimum atomic E-state index is -0.963. The third-order valence-electron chi connectivity index (χ3n) is 2.29. The Morgan fingerprint density at radius 2 is 1.91 bits per heavy atom. The standard InChI is InChI=1S/C12H21N3O6S/c1-8(16)14-9(7-22-11(18)12(2,3)4)10(17)13-5-6-21-15(19)20/h9H,5-7H2,1-4H3,(H,13,17)(H,14,16)/t9-/m0/s1. The van der Waals surface area contributed by atoms with Gasteiger partial charge in [-0.3, -0.25) is 14.4 Å². The van der Waals surface area contributed by atoms with Gasteiger partial charge in [0.25, 0.3) is 5.09 Å². The molecule has 0 bridgehead atoms. The van der Waals surface area contributed by atoms with E-state index < -0.39 is 28.4 Å². The normalized spacial score (nSPS) is 12.2. The lowest BCUT2D eigenvalue weighted by molar-refractivity contribution is -0.757. The van der Waals surface area contributed by atoms with Crippen LogP contribution in [0.5, 0.6) is 0 Å². The first-order valence-corrected chi connectivity index (χ1v) is 7.52. The van der Waals surface area contributed by atoms with Crippen LogP contribution in [0.15, 0.2) is 0 Å². The molecule has 0 unspecified atom stereocenters. The molecule has 0 fully saturated rings. The summed E-state index contributed by atoms with van der Waals surface area (Å²) in [6.07, 6.45) is 0. The molecule has 10 heteroatoms. The molecule has 0 aromatic heterocycles. The van der Waals surface area contributed by atoms with Crippen LogP contribution in [0.1, 0.15) is 27.7 Å². The van der Waals surface area contributed by atoms with E-state index in [1.807, 2.05) is 0 Å². The quantitative estimate of drug-likeness (QED) is 0.366. The molecule has 0 aromatic carbocycles. The van der Waals surface area contributed by atoms with Gasteiger partial charge < -0.3 is 15.5 Å². The van der Waals surface area contributed by atoms with E-state index in [0.717, 1.165) is 11.8 Å². The van der Waals surface area contributed by atoms with Crippen molar-refractivity contribution >= 4 is 28.7 Å². The van der Waals surface area contributed by atoms with E-state index in [4.69, 9.17) is 0 Å². The fourth-order valence-electron chi connectivity index (χ4n) is 1.22. The molecular weight excluding hydrogens is 314 g/mol. The summed E-state index contributed by atoms with van der Waals surface area (Å²) in [6, 6.07) is -0.899. The van der Waals surface area contributed by atoms with Crippen molar-refractivity contribution in [3.63, 3.8) is 0 Å². The largest absolute Gasteiger partial charge is 0.352 e. The number of carbonyl (C=O) groups excluding carboxylic acids is 3. The lowest BCUT2D eigenvalue weighted by Gasteiger charge is -2.20. The van der Waals surface area contributed by atoms with Crippen molar-refractivity contribution in [3.05, 3.63) is 10.1 Å². The van der Waals surface area contributed by atoms with Gasteiger partial charge in [0.1, 0.15) is 12.6 Å². The highest BCUT2D eigenvalue weighted by atomic mass is 32.2. The van der Waals surface area contributed by atoms with Gasteiger partial charge >= 0.3 is 0 Å². The summed E-state index contributed by atoms with van der Waals surface area (Å²) < 4.78 is 0. The molecule has 0 aliphatic carbocycles. The molecule has 0 saturated heterocycles. The van der Waals surface area contributed by atoms with Gasteiger partial charge in [-0.15, -0.1) is 10.1 Å². The molecule has 0 heterocycles. The van der Waals surface area contributed by atoms with E-state index in [1.165, 1.54) is 6.92 Å². The first kappa shape index (κ1) is 20.2. The van der Waals surface area contributed by atoms with E-state index in [2.05, 4.69) is 15.5 Å². The number of thioether (sulfide) groups is 1. The fourth-order valence-corrected chi connectivity index (χ4v) is 2.21. The maximum Gasteiger partial charge on any atom is 0.294 e. The molecule has 0 saturated carbocycles. The number of carbonyl (C=O) groups is 3. The number of nitrogens with zero attached hydrogens (tertiary/aromatic N) is 1. The molecule has 2 N–H and O–H groups in total. The smallest absolute Gasteiger partial charge is 0.294 e. The van der Waals surface area contributed by atoms with E-state index in [1.54, 1.807) is 20.8 Å². The Morgan fingerprint density at radius 1 is 1.32 bits per heavy atom. The Bertz CT molecular complexity index is 435. The second-order valence-corrected chi connectivity index (χ2v) is 6.44. The second-order valence-electron chi connectivity index (χ2n) is 5.45. The van der Waals surface area contributed by atoms with Crippen LogP contribution in [0.4, 0.5) is 0 Å². The summed E-state index contributed by atoms with van der Waals surface area (Å²) >= 11 is 0.952. The third kappa shape index (κ3) is 9.16. The number of hydrogen-bond acceptors (Lipinski definition) is 7. The molecule has 2 amide bonds. The summed E-state index contributed by atoms with van der Waals surface area (Å²) in [5.41, 5.74) is -0.554. The Hall–Kier alpha value is -1.84. The number of nitrogens with one attached hydrogen (secondary N) is 2. The zero-order valence-electron chi connectivity index (χ0n) is 13.0. The molecule has 0 aliphatic heterocycles. The summed E-state index contributed by atoms with van der Waals surface area (Å²) in [5, 5.41) is 13.7. The number of hydrogen-bond donors (Lipinski definition) is 2. The Kier molecular flexibility index (Phi) is 8.46. The topological polar surface area (TPSA) is 128 Å². The van der Waals surface area contributed by atoms with E-state index in [0.29, 0.717) is 0 Å². The first-order valence-electron chi connectivity index (χ1n) is 6.53. The van der Waals surface area contributed by atoms with Crippen molar-refractivity contribution in [1.82, 2.24) is 10.6 Å². The van der Waals surface area contributed by atoms with Crippen molar-refractivity contribution < 1.29 is 24.3 Å². The van der Waals surface area contributed by atoms with Crippen molar-refractivity contribution in [3.8, 4) is 0 Å². The molecule has 1 atom stereocenters. The average Bonchev–Trinajstić information content (AvgIpc) is 2.37. The summed E-state index contributed by atoms with van der Waals surface area (Å²) in [4.78, 5) is 48.9. The van der Waals surface area contributed by atoms with Crippen molar-refractivity contribution in [2.75, 3.05) is 18.9 Å². The minimum absolute atomic E-state index is 0.0756. The first-order chi connectivity index (χ1) is 10.0. The molecular formula is C12H21N3O6S.